The third kappa shape index (κ3) is 5.70. The van der Waals surface area contributed by atoms with Crippen LogP contribution in [0.5, 0.6) is 5.75 Å². The van der Waals surface area contributed by atoms with Gasteiger partial charge >= 0.3 is 0 Å². The predicted molar refractivity (Wildman–Crippen MR) is 145 cm³/mol. The Hall–Kier alpha value is -3.64. The van der Waals surface area contributed by atoms with Crippen LogP contribution in [-0.2, 0) is 4.79 Å². The van der Waals surface area contributed by atoms with Crippen LogP contribution < -0.4 is 4.74 Å². The number of rotatable bonds is 6. The summed E-state index contributed by atoms with van der Waals surface area (Å²) in [6.45, 7) is 4.36. The lowest BCUT2D eigenvalue weighted by Gasteiger charge is -2.41. The maximum absolute atomic E-state index is 13.4. The van der Waals surface area contributed by atoms with Gasteiger partial charge < -0.3 is 14.5 Å². The molecule has 6 heteroatoms. The van der Waals surface area contributed by atoms with Crippen molar-refractivity contribution in [2.45, 2.75) is 18.9 Å². The molecule has 0 bridgehead atoms. The molecule has 2 aliphatic rings. The highest BCUT2D eigenvalue weighted by atomic mass is 16.5. The second-order valence-electron chi connectivity index (χ2n) is 9.88. The van der Waals surface area contributed by atoms with Gasteiger partial charge in [-0.2, -0.15) is 0 Å². The van der Waals surface area contributed by atoms with Gasteiger partial charge in [-0.3, -0.25) is 14.5 Å². The molecule has 0 N–H and O–H groups in total. The molecule has 37 heavy (non-hydrogen) atoms. The number of piperidine rings is 1. The molecule has 0 unspecified atom stereocenters. The van der Waals surface area contributed by atoms with Crippen LogP contribution in [0.25, 0.3) is 0 Å². The number of piperazine rings is 1. The van der Waals surface area contributed by atoms with E-state index in [0.29, 0.717) is 37.2 Å². The van der Waals surface area contributed by atoms with Crippen molar-refractivity contribution in [3.8, 4) is 5.75 Å². The Morgan fingerprint density at radius 2 is 1.32 bits per heavy atom. The summed E-state index contributed by atoms with van der Waals surface area (Å²) in [6, 6.07) is 28.7. The Morgan fingerprint density at radius 3 is 1.89 bits per heavy atom. The number of carbonyl (C=O) groups excluding carboxylic acids is 2. The maximum atomic E-state index is 13.4. The Balaban J connectivity index is 1.17. The number of methoxy groups -OCH3 is 1. The standard InChI is InChI=1S/C31H35N3O3/c1-37-28-14-8-13-27(23-28)31(36)33-17-15-26(16-18-33)30(35)34-21-19-32(20-22-34)29(24-9-4-2-5-10-24)25-11-6-3-7-12-25/h2-14,23,26,29H,15-22H2,1H3. The molecule has 5 rings (SSSR count). The molecule has 2 saturated heterocycles. The Bertz CT molecular complexity index is 1150. The van der Waals surface area contributed by atoms with E-state index in [4.69, 9.17) is 4.74 Å². The van der Waals surface area contributed by atoms with Crippen molar-refractivity contribution in [1.82, 2.24) is 14.7 Å². The van der Waals surface area contributed by atoms with Crippen LogP contribution in [0, 0.1) is 5.92 Å². The van der Waals surface area contributed by atoms with E-state index in [1.807, 2.05) is 28.0 Å². The fourth-order valence-electron chi connectivity index (χ4n) is 5.61. The highest BCUT2D eigenvalue weighted by molar-refractivity contribution is 5.94. The van der Waals surface area contributed by atoms with Crippen LogP contribution in [-0.4, -0.2) is 72.9 Å². The number of hydrogen-bond donors (Lipinski definition) is 0. The zero-order chi connectivity index (χ0) is 25.6. The summed E-state index contributed by atoms with van der Waals surface area (Å²) in [7, 11) is 1.60. The topological polar surface area (TPSA) is 53.1 Å². The molecule has 2 aliphatic heterocycles. The molecule has 0 spiro atoms. The number of ether oxygens (including phenoxy) is 1. The molecule has 0 aliphatic carbocycles. The third-order valence-electron chi connectivity index (χ3n) is 7.67. The number of amides is 2. The number of carbonyl (C=O) groups is 2. The van der Waals surface area contributed by atoms with E-state index in [0.717, 1.165) is 26.2 Å². The van der Waals surface area contributed by atoms with E-state index >= 15 is 0 Å². The normalized spacial score (nSPS) is 17.1. The summed E-state index contributed by atoms with van der Waals surface area (Å²) >= 11 is 0. The van der Waals surface area contributed by atoms with Gasteiger partial charge in [0.15, 0.2) is 0 Å². The lowest BCUT2D eigenvalue weighted by Crippen LogP contribution is -2.52. The zero-order valence-electron chi connectivity index (χ0n) is 21.5. The molecule has 6 nitrogen and oxygen atoms in total. The fourth-order valence-corrected chi connectivity index (χ4v) is 5.61. The predicted octanol–water partition coefficient (Wildman–Crippen LogP) is 4.48. The summed E-state index contributed by atoms with van der Waals surface area (Å²) in [5.41, 5.74) is 3.19. The second kappa shape index (κ2) is 11.6. The van der Waals surface area contributed by atoms with Gasteiger partial charge in [0.2, 0.25) is 5.91 Å². The van der Waals surface area contributed by atoms with Crippen molar-refractivity contribution in [3.63, 3.8) is 0 Å². The number of hydrogen-bond acceptors (Lipinski definition) is 4. The van der Waals surface area contributed by atoms with Crippen molar-refractivity contribution in [2.75, 3.05) is 46.4 Å². The first kappa shape index (κ1) is 25.0. The molecule has 2 heterocycles. The van der Waals surface area contributed by atoms with Crippen LogP contribution in [0.1, 0.15) is 40.4 Å². The van der Waals surface area contributed by atoms with Crippen molar-refractivity contribution < 1.29 is 14.3 Å². The van der Waals surface area contributed by atoms with Gasteiger partial charge in [-0.15, -0.1) is 0 Å². The first-order chi connectivity index (χ1) is 18.1. The summed E-state index contributed by atoms with van der Waals surface area (Å²) in [5, 5.41) is 0. The molecule has 3 aromatic rings. The average molecular weight is 498 g/mol. The molecule has 0 atom stereocenters. The van der Waals surface area contributed by atoms with Crippen LogP contribution in [0.2, 0.25) is 0 Å². The molecule has 2 amide bonds. The van der Waals surface area contributed by atoms with E-state index in [-0.39, 0.29) is 23.8 Å². The number of likely N-dealkylation sites (tertiary alicyclic amines) is 1. The minimum atomic E-state index is -0.0139. The third-order valence-corrected chi connectivity index (χ3v) is 7.67. The van der Waals surface area contributed by atoms with E-state index < -0.39 is 0 Å². The first-order valence-corrected chi connectivity index (χ1v) is 13.2. The summed E-state index contributed by atoms with van der Waals surface area (Å²) in [6.07, 6.45) is 1.43. The van der Waals surface area contributed by atoms with Crippen LogP contribution in [0.3, 0.4) is 0 Å². The Morgan fingerprint density at radius 1 is 0.730 bits per heavy atom. The largest absolute Gasteiger partial charge is 0.497 e. The average Bonchev–Trinajstić information content (AvgIpc) is 2.98. The highest BCUT2D eigenvalue weighted by Crippen LogP contribution is 2.30. The fraction of sp³-hybridized carbons (Fsp3) is 0.355. The smallest absolute Gasteiger partial charge is 0.253 e. The van der Waals surface area contributed by atoms with E-state index in [1.165, 1.54) is 11.1 Å². The van der Waals surface area contributed by atoms with E-state index in [2.05, 4.69) is 65.6 Å². The van der Waals surface area contributed by atoms with Gasteiger partial charge in [0.25, 0.3) is 5.91 Å². The monoisotopic (exact) mass is 497 g/mol. The Kier molecular flexibility index (Phi) is 7.85. The van der Waals surface area contributed by atoms with Crippen molar-refractivity contribution in [1.29, 1.82) is 0 Å². The molecule has 192 valence electrons. The summed E-state index contributed by atoms with van der Waals surface area (Å²) in [5.74, 6) is 0.909. The molecule has 3 aromatic carbocycles. The van der Waals surface area contributed by atoms with Gasteiger partial charge in [-0.1, -0.05) is 66.7 Å². The second-order valence-corrected chi connectivity index (χ2v) is 9.88. The van der Waals surface area contributed by atoms with Gasteiger partial charge in [-0.25, -0.2) is 0 Å². The van der Waals surface area contributed by atoms with Gasteiger partial charge in [0, 0.05) is 50.7 Å². The lowest BCUT2D eigenvalue weighted by molar-refractivity contribution is -0.139. The van der Waals surface area contributed by atoms with Crippen LogP contribution in [0.15, 0.2) is 84.9 Å². The first-order valence-electron chi connectivity index (χ1n) is 13.2. The molecule has 0 radical (unpaired) electrons. The number of nitrogens with zero attached hydrogens (tertiary/aromatic N) is 3. The molecular weight excluding hydrogens is 462 g/mol. The van der Waals surface area contributed by atoms with Crippen LogP contribution in [0.4, 0.5) is 0 Å². The lowest BCUT2D eigenvalue weighted by atomic mass is 9.94. The van der Waals surface area contributed by atoms with Crippen molar-refractivity contribution in [2.24, 2.45) is 5.92 Å². The summed E-state index contributed by atoms with van der Waals surface area (Å²) in [4.78, 5) is 32.7. The summed E-state index contributed by atoms with van der Waals surface area (Å²) < 4.78 is 5.26. The minimum absolute atomic E-state index is 0.00581. The van der Waals surface area contributed by atoms with E-state index in [9.17, 15) is 9.59 Å². The number of benzene rings is 3. The van der Waals surface area contributed by atoms with Crippen LogP contribution >= 0.6 is 0 Å². The SMILES string of the molecule is COc1cccc(C(=O)N2CCC(C(=O)N3CCN(C(c4ccccc4)c4ccccc4)CC3)CC2)c1. The van der Waals surface area contributed by atoms with Gasteiger partial charge in [-0.05, 0) is 42.2 Å². The molecule has 2 fully saturated rings. The molecule has 0 saturated carbocycles. The van der Waals surface area contributed by atoms with Gasteiger partial charge in [0.1, 0.15) is 5.75 Å². The van der Waals surface area contributed by atoms with E-state index in [1.54, 1.807) is 13.2 Å². The van der Waals surface area contributed by atoms with Crippen molar-refractivity contribution >= 4 is 11.8 Å². The molecule has 0 aromatic heterocycles. The highest BCUT2D eigenvalue weighted by Gasteiger charge is 2.33. The molecular formula is C31H35N3O3. The zero-order valence-corrected chi connectivity index (χ0v) is 21.5. The minimum Gasteiger partial charge on any atom is -0.497 e. The van der Waals surface area contributed by atoms with Gasteiger partial charge in [0.05, 0.1) is 13.2 Å². The van der Waals surface area contributed by atoms with Crippen molar-refractivity contribution in [3.05, 3.63) is 102 Å². The Labute approximate surface area is 219 Å². The maximum Gasteiger partial charge on any atom is 0.253 e. The quantitative estimate of drug-likeness (QED) is 0.504.